The second kappa shape index (κ2) is 13.4. The number of hydrogen-bond donors (Lipinski definition) is 3. The van der Waals surface area contributed by atoms with Crippen molar-refractivity contribution >= 4 is 21.6 Å². The second-order valence-electron chi connectivity index (χ2n) is 11.5. The lowest BCUT2D eigenvalue weighted by Gasteiger charge is -2.41. The zero-order valence-electron chi connectivity index (χ0n) is 24.4. The van der Waals surface area contributed by atoms with E-state index in [1.165, 1.54) is 28.6 Å². The Morgan fingerprint density at radius 2 is 1.73 bits per heavy atom. The van der Waals surface area contributed by atoms with E-state index in [4.69, 9.17) is 10.5 Å². The van der Waals surface area contributed by atoms with Crippen LogP contribution in [0.1, 0.15) is 37.3 Å². The molecule has 0 aliphatic carbocycles. The van der Waals surface area contributed by atoms with Gasteiger partial charge in [0, 0.05) is 61.1 Å². The van der Waals surface area contributed by atoms with Gasteiger partial charge in [0.05, 0.1) is 10.9 Å². The minimum atomic E-state index is -3.82. The highest BCUT2D eigenvalue weighted by Gasteiger charge is 2.44. The van der Waals surface area contributed by atoms with Crippen LogP contribution >= 0.6 is 0 Å². The molecule has 4 N–H and O–H groups in total. The number of rotatable bonds is 9. The van der Waals surface area contributed by atoms with E-state index in [1.54, 1.807) is 36.4 Å². The number of benzene rings is 3. The third kappa shape index (κ3) is 6.54. The number of ether oxygens (including phenoxy) is 1. The van der Waals surface area contributed by atoms with Gasteiger partial charge in [0.2, 0.25) is 15.9 Å². The number of hydrogen-bond acceptors (Lipinski definition) is 6. The van der Waals surface area contributed by atoms with Crippen LogP contribution in [-0.2, 0) is 31.4 Å². The molecule has 0 saturated carbocycles. The predicted molar refractivity (Wildman–Crippen MR) is 161 cm³/mol. The van der Waals surface area contributed by atoms with Crippen LogP contribution in [0.5, 0.6) is 0 Å². The molecule has 3 atom stereocenters. The van der Waals surface area contributed by atoms with Crippen LogP contribution in [0, 0.1) is 17.5 Å². The number of nitrogens with two attached hydrogens (primary N) is 1. The average molecular weight is 631 g/mol. The number of anilines is 1. The molecule has 0 aromatic heterocycles. The molecular weight excluding hydrogens is 593 g/mol. The first kappa shape index (κ1) is 32.1. The summed E-state index contributed by atoms with van der Waals surface area (Å²) in [7, 11) is -3.82. The summed E-state index contributed by atoms with van der Waals surface area (Å²) >= 11 is 0. The highest BCUT2D eigenvalue weighted by atomic mass is 32.2. The Bertz CT molecular complexity index is 1570. The fourth-order valence-electron chi connectivity index (χ4n) is 6.43. The fraction of sp³-hybridized carbons (Fsp3) is 0.406. The van der Waals surface area contributed by atoms with Gasteiger partial charge in [-0.1, -0.05) is 24.3 Å². The molecule has 236 valence electrons. The molecule has 0 spiro atoms. The predicted octanol–water partition coefficient (Wildman–Crippen LogP) is 4.10. The van der Waals surface area contributed by atoms with Crippen molar-refractivity contribution in [2.75, 3.05) is 31.6 Å². The molecule has 2 aliphatic rings. The number of nitrogens with zero attached hydrogens (tertiary/aromatic N) is 1. The number of carbonyl (C=O) groups is 1. The van der Waals surface area contributed by atoms with E-state index in [1.807, 2.05) is 6.92 Å². The molecule has 8 nitrogen and oxygen atoms in total. The molecule has 5 rings (SSSR count). The lowest BCUT2D eigenvalue weighted by atomic mass is 9.68. The molecule has 1 amide bonds. The number of piperazine rings is 1. The molecule has 3 aromatic carbocycles. The van der Waals surface area contributed by atoms with E-state index in [0.29, 0.717) is 13.1 Å². The maximum Gasteiger partial charge on any atom is 0.243 e. The van der Waals surface area contributed by atoms with E-state index in [2.05, 4.69) is 10.6 Å². The minimum Gasteiger partial charge on any atom is -0.381 e. The Balaban J connectivity index is 1.38. The van der Waals surface area contributed by atoms with Gasteiger partial charge in [-0.3, -0.25) is 4.79 Å². The maximum absolute atomic E-state index is 15.3. The smallest absolute Gasteiger partial charge is 0.243 e. The molecule has 2 heterocycles. The van der Waals surface area contributed by atoms with Crippen LogP contribution in [0.2, 0.25) is 0 Å². The third-order valence-electron chi connectivity index (χ3n) is 8.74. The lowest BCUT2D eigenvalue weighted by molar-refractivity contribution is -0.120. The molecule has 0 bridgehead atoms. The van der Waals surface area contributed by atoms with Crippen LogP contribution in [0.15, 0.2) is 71.6 Å². The first-order chi connectivity index (χ1) is 21.0. The van der Waals surface area contributed by atoms with Gasteiger partial charge in [-0.05, 0) is 74.6 Å². The second-order valence-corrected chi connectivity index (χ2v) is 13.4. The topological polar surface area (TPSA) is 114 Å². The molecule has 0 radical (unpaired) electrons. The standard InChI is InChI=1S/C32H37F3N4O4S/c1-21-19-37-20-25(39(21)44(41,42)26-6-3-2-4-7-26)10-11-27-28(35)8-5-9-29(27)38-31(40)30(36)32(12-14-43-15-13-32)22-16-23(33)18-24(34)17-22/h2-9,16-18,21,25,30,37H,10-15,19-20,36H2,1H3,(H,38,40). The van der Waals surface area contributed by atoms with Crippen LogP contribution in [-0.4, -0.2) is 63.1 Å². The van der Waals surface area contributed by atoms with E-state index >= 15 is 4.39 Å². The Hall–Kier alpha value is -3.29. The largest absolute Gasteiger partial charge is 0.381 e. The molecule has 2 aliphatic heterocycles. The van der Waals surface area contributed by atoms with E-state index in [-0.39, 0.29) is 66.6 Å². The summed E-state index contributed by atoms with van der Waals surface area (Å²) in [6.45, 7) is 3.18. The minimum absolute atomic E-state index is 0.130. The zero-order valence-corrected chi connectivity index (χ0v) is 25.3. The van der Waals surface area contributed by atoms with Crippen molar-refractivity contribution in [1.82, 2.24) is 9.62 Å². The molecule has 44 heavy (non-hydrogen) atoms. The Morgan fingerprint density at radius 3 is 2.41 bits per heavy atom. The number of nitrogens with one attached hydrogen (secondary N) is 2. The molecule has 12 heteroatoms. The van der Waals surface area contributed by atoms with Crippen LogP contribution in [0.25, 0.3) is 0 Å². The van der Waals surface area contributed by atoms with Gasteiger partial charge in [-0.2, -0.15) is 4.31 Å². The van der Waals surface area contributed by atoms with Crippen molar-refractivity contribution in [2.24, 2.45) is 5.73 Å². The van der Waals surface area contributed by atoms with Crippen molar-refractivity contribution in [3.8, 4) is 0 Å². The molecule has 2 saturated heterocycles. The summed E-state index contributed by atoms with van der Waals surface area (Å²) < 4.78 is 77.9. The summed E-state index contributed by atoms with van der Waals surface area (Å²) in [5.41, 5.74) is 6.11. The lowest BCUT2D eigenvalue weighted by Crippen LogP contribution is -2.58. The first-order valence-corrected chi connectivity index (χ1v) is 16.1. The molecule has 3 aromatic rings. The van der Waals surface area contributed by atoms with Crippen molar-refractivity contribution in [2.45, 2.75) is 61.0 Å². The molecular formula is C32H37F3N4O4S. The van der Waals surface area contributed by atoms with E-state index in [9.17, 15) is 22.0 Å². The maximum atomic E-state index is 15.3. The zero-order chi connectivity index (χ0) is 31.5. The quantitative estimate of drug-likeness (QED) is 0.328. The van der Waals surface area contributed by atoms with Gasteiger partial charge in [0.1, 0.15) is 17.5 Å². The van der Waals surface area contributed by atoms with Gasteiger partial charge < -0.3 is 21.1 Å². The van der Waals surface area contributed by atoms with E-state index in [0.717, 1.165) is 6.07 Å². The Kier molecular flexibility index (Phi) is 9.76. The van der Waals surface area contributed by atoms with Gasteiger partial charge in [-0.25, -0.2) is 21.6 Å². The van der Waals surface area contributed by atoms with Gasteiger partial charge in [0.25, 0.3) is 0 Å². The molecule has 3 unspecified atom stereocenters. The summed E-state index contributed by atoms with van der Waals surface area (Å²) in [5, 5.41) is 6.02. The summed E-state index contributed by atoms with van der Waals surface area (Å²) in [6, 6.07) is 13.6. The monoisotopic (exact) mass is 630 g/mol. The first-order valence-electron chi connectivity index (χ1n) is 14.7. The highest BCUT2D eigenvalue weighted by molar-refractivity contribution is 7.89. The van der Waals surface area contributed by atoms with Gasteiger partial charge in [0.15, 0.2) is 0 Å². The van der Waals surface area contributed by atoms with Crippen molar-refractivity contribution in [3.63, 3.8) is 0 Å². The summed E-state index contributed by atoms with van der Waals surface area (Å²) in [6.07, 6.45) is 0.937. The van der Waals surface area contributed by atoms with Crippen LogP contribution in [0.4, 0.5) is 18.9 Å². The third-order valence-corrected chi connectivity index (χ3v) is 10.8. The number of sulfonamides is 1. The van der Waals surface area contributed by atoms with Crippen molar-refractivity contribution < 1.29 is 31.1 Å². The number of halogens is 3. The average Bonchev–Trinajstić information content (AvgIpc) is 3.00. The van der Waals surface area contributed by atoms with Gasteiger partial charge >= 0.3 is 0 Å². The highest BCUT2D eigenvalue weighted by Crippen LogP contribution is 2.39. The van der Waals surface area contributed by atoms with Gasteiger partial charge in [-0.15, -0.1) is 0 Å². The molecule has 2 fully saturated rings. The van der Waals surface area contributed by atoms with E-state index < -0.39 is 50.9 Å². The van der Waals surface area contributed by atoms with Crippen LogP contribution < -0.4 is 16.4 Å². The van der Waals surface area contributed by atoms with Crippen molar-refractivity contribution in [3.05, 3.63) is 95.3 Å². The van der Waals surface area contributed by atoms with Crippen molar-refractivity contribution in [1.29, 1.82) is 0 Å². The van der Waals surface area contributed by atoms with Crippen LogP contribution in [0.3, 0.4) is 0 Å². The Morgan fingerprint density at radius 1 is 1.05 bits per heavy atom. The number of amides is 1. The summed E-state index contributed by atoms with van der Waals surface area (Å²) in [4.78, 5) is 13.8. The Labute approximate surface area is 255 Å². The number of carbonyl (C=O) groups excluding carboxylic acids is 1. The fourth-order valence-corrected chi connectivity index (χ4v) is 8.30. The normalized spacial score (nSPS) is 21.5. The summed E-state index contributed by atoms with van der Waals surface area (Å²) in [5.74, 6) is -2.75. The SMILES string of the molecule is CC1CNCC(CCc2c(F)cccc2NC(=O)C(N)C2(c3cc(F)cc(F)c3)CCOCC2)N1S(=O)(=O)c1ccccc1.